The van der Waals surface area contributed by atoms with Gasteiger partial charge < -0.3 is 11.1 Å². The zero-order chi connectivity index (χ0) is 15.6. The molecule has 3 N–H and O–H groups in total. The highest BCUT2D eigenvalue weighted by Crippen LogP contribution is 2.23. The molecule has 0 aliphatic carbocycles. The minimum atomic E-state index is -0.665. The van der Waals surface area contributed by atoms with Crippen LogP contribution >= 0.6 is 0 Å². The van der Waals surface area contributed by atoms with Gasteiger partial charge in [0.2, 0.25) is 5.91 Å². The molecule has 1 atom stereocenters. The molecule has 5 heteroatoms. The number of anilines is 2. The average molecular weight is 290 g/mol. The molecule has 3 nitrogen and oxygen atoms in total. The Morgan fingerprint density at radius 2 is 1.90 bits per heavy atom. The van der Waals surface area contributed by atoms with E-state index >= 15 is 0 Å². The van der Waals surface area contributed by atoms with Gasteiger partial charge in [-0.1, -0.05) is 12.1 Å². The van der Waals surface area contributed by atoms with E-state index in [9.17, 15) is 13.6 Å². The van der Waals surface area contributed by atoms with Gasteiger partial charge in [-0.2, -0.15) is 0 Å². The Balaban J connectivity index is 2.20. The van der Waals surface area contributed by atoms with E-state index < -0.39 is 23.5 Å². The zero-order valence-electron chi connectivity index (χ0n) is 11.8. The largest absolute Gasteiger partial charge is 0.399 e. The number of amides is 1. The minimum Gasteiger partial charge on any atom is -0.399 e. The van der Waals surface area contributed by atoms with Crippen LogP contribution in [-0.4, -0.2) is 5.91 Å². The predicted molar refractivity (Wildman–Crippen MR) is 79.0 cm³/mol. The number of hydrogen-bond acceptors (Lipinski definition) is 2. The second-order valence-corrected chi connectivity index (χ2v) is 4.96. The molecule has 2 aromatic rings. The molecule has 0 saturated heterocycles. The lowest BCUT2D eigenvalue weighted by Gasteiger charge is -2.14. The summed E-state index contributed by atoms with van der Waals surface area (Å²) < 4.78 is 27.2. The number of nitrogen functional groups attached to an aromatic ring is 1. The van der Waals surface area contributed by atoms with Gasteiger partial charge in [0.05, 0.1) is 11.6 Å². The molecule has 0 heterocycles. The van der Waals surface area contributed by atoms with Crippen molar-refractivity contribution in [3.63, 3.8) is 0 Å². The van der Waals surface area contributed by atoms with Crippen molar-refractivity contribution in [1.29, 1.82) is 0 Å². The molecular weight excluding hydrogens is 274 g/mol. The van der Waals surface area contributed by atoms with Gasteiger partial charge in [-0.25, -0.2) is 8.78 Å². The number of halogens is 2. The summed E-state index contributed by atoms with van der Waals surface area (Å²) in [5.41, 5.74) is 6.94. The Labute approximate surface area is 121 Å². The third-order valence-corrected chi connectivity index (χ3v) is 3.31. The van der Waals surface area contributed by atoms with Gasteiger partial charge >= 0.3 is 0 Å². The smallest absolute Gasteiger partial charge is 0.231 e. The van der Waals surface area contributed by atoms with Gasteiger partial charge in [0.1, 0.15) is 11.6 Å². The van der Waals surface area contributed by atoms with Crippen molar-refractivity contribution in [2.45, 2.75) is 19.8 Å². The van der Waals surface area contributed by atoms with E-state index in [0.717, 1.165) is 12.1 Å². The number of nitrogens with one attached hydrogen (secondary N) is 1. The molecule has 0 aliphatic rings. The van der Waals surface area contributed by atoms with Crippen LogP contribution in [-0.2, 0) is 4.79 Å². The molecule has 0 fully saturated rings. The van der Waals surface area contributed by atoms with Crippen molar-refractivity contribution >= 4 is 17.3 Å². The number of nitrogens with two attached hydrogens (primary N) is 1. The van der Waals surface area contributed by atoms with Crippen LogP contribution in [0.1, 0.15) is 24.0 Å². The lowest BCUT2D eigenvalue weighted by atomic mass is 9.99. The third kappa shape index (κ3) is 3.37. The number of benzene rings is 2. The first-order valence-corrected chi connectivity index (χ1v) is 6.50. The SMILES string of the molecule is Cc1cc(F)c(NC(=O)C(C)c2cccc(N)c2)cc1F. The van der Waals surface area contributed by atoms with Gasteiger partial charge in [0.25, 0.3) is 0 Å². The van der Waals surface area contributed by atoms with Crippen LogP contribution in [0.4, 0.5) is 20.2 Å². The fourth-order valence-corrected chi connectivity index (χ4v) is 1.96. The van der Waals surface area contributed by atoms with Crippen molar-refractivity contribution < 1.29 is 13.6 Å². The number of hydrogen-bond donors (Lipinski definition) is 2. The van der Waals surface area contributed by atoms with Crippen LogP contribution in [0, 0.1) is 18.6 Å². The molecule has 21 heavy (non-hydrogen) atoms. The molecule has 0 aromatic heterocycles. The predicted octanol–water partition coefficient (Wildman–Crippen LogP) is 3.60. The lowest BCUT2D eigenvalue weighted by Crippen LogP contribution is -2.20. The summed E-state index contributed by atoms with van der Waals surface area (Å²) in [5, 5.41) is 2.40. The van der Waals surface area contributed by atoms with Crippen LogP contribution in [0.5, 0.6) is 0 Å². The van der Waals surface area contributed by atoms with E-state index in [4.69, 9.17) is 5.73 Å². The Morgan fingerprint density at radius 3 is 2.57 bits per heavy atom. The molecule has 2 rings (SSSR count). The highest BCUT2D eigenvalue weighted by Gasteiger charge is 2.18. The molecule has 0 bridgehead atoms. The van der Waals surface area contributed by atoms with E-state index in [1.54, 1.807) is 31.2 Å². The van der Waals surface area contributed by atoms with E-state index in [2.05, 4.69) is 5.32 Å². The summed E-state index contributed by atoms with van der Waals surface area (Å²) in [5.74, 6) is -2.19. The minimum absolute atomic E-state index is 0.168. The van der Waals surface area contributed by atoms with Crippen LogP contribution < -0.4 is 11.1 Å². The van der Waals surface area contributed by atoms with Crippen molar-refractivity contribution in [3.8, 4) is 0 Å². The van der Waals surface area contributed by atoms with Crippen LogP contribution in [0.3, 0.4) is 0 Å². The van der Waals surface area contributed by atoms with Gasteiger partial charge in [0, 0.05) is 11.8 Å². The maximum absolute atomic E-state index is 13.7. The molecule has 110 valence electrons. The standard InChI is InChI=1S/C16H16F2N2O/c1-9-6-14(18)15(8-13(9)17)20-16(21)10(2)11-4-3-5-12(19)7-11/h3-8,10H,19H2,1-2H3,(H,20,21). The van der Waals surface area contributed by atoms with Crippen LogP contribution in [0.2, 0.25) is 0 Å². The summed E-state index contributed by atoms with van der Waals surface area (Å²) in [6.07, 6.45) is 0. The first-order valence-electron chi connectivity index (χ1n) is 6.50. The maximum Gasteiger partial charge on any atom is 0.231 e. The average Bonchev–Trinajstić information content (AvgIpc) is 2.43. The fraction of sp³-hybridized carbons (Fsp3) is 0.188. The molecule has 0 radical (unpaired) electrons. The maximum atomic E-state index is 13.7. The number of carbonyl (C=O) groups is 1. The van der Waals surface area contributed by atoms with Gasteiger partial charge in [0.15, 0.2) is 0 Å². The quantitative estimate of drug-likeness (QED) is 0.849. The normalized spacial score (nSPS) is 12.0. The van der Waals surface area contributed by atoms with Crippen molar-refractivity contribution in [1.82, 2.24) is 0 Å². The first kappa shape index (κ1) is 15.0. The third-order valence-electron chi connectivity index (χ3n) is 3.31. The summed E-state index contributed by atoms with van der Waals surface area (Å²) in [6, 6.07) is 8.91. The van der Waals surface area contributed by atoms with E-state index in [0.29, 0.717) is 11.3 Å². The summed E-state index contributed by atoms with van der Waals surface area (Å²) in [6.45, 7) is 3.13. The van der Waals surface area contributed by atoms with E-state index in [-0.39, 0.29) is 11.3 Å². The van der Waals surface area contributed by atoms with Crippen molar-refractivity contribution in [2.75, 3.05) is 11.1 Å². The van der Waals surface area contributed by atoms with Crippen LogP contribution in [0.15, 0.2) is 36.4 Å². The number of rotatable bonds is 3. The van der Waals surface area contributed by atoms with Crippen LogP contribution in [0.25, 0.3) is 0 Å². The highest BCUT2D eigenvalue weighted by atomic mass is 19.1. The molecule has 1 unspecified atom stereocenters. The van der Waals surface area contributed by atoms with Gasteiger partial charge in [-0.3, -0.25) is 4.79 Å². The summed E-state index contributed by atoms with van der Waals surface area (Å²) in [4.78, 5) is 12.1. The highest BCUT2D eigenvalue weighted by molar-refractivity contribution is 5.95. The number of aryl methyl sites for hydroxylation is 1. The Bertz CT molecular complexity index is 686. The molecule has 2 aromatic carbocycles. The lowest BCUT2D eigenvalue weighted by molar-refractivity contribution is -0.117. The first-order chi connectivity index (χ1) is 9.88. The second-order valence-electron chi connectivity index (χ2n) is 4.96. The summed E-state index contributed by atoms with van der Waals surface area (Å²) in [7, 11) is 0. The van der Waals surface area contributed by atoms with Crippen molar-refractivity contribution in [3.05, 3.63) is 59.2 Å². The Kier molecular flexibility index (Phi) is 4.21. The molecule has 0 saturated carbocycles. The second kappa shape index (κ2) is 5.91. The van der Waals surface area contributed by atoms with E-state index in [1.807, 2.05) is 0 Å². The molecule has 1 amide bonds. The van der Waals surface area contributed by atoms with Crippen molar-refractivity contribution in [2.24, 2.45) is 0 Å². The summed E-state index contributed by atoms with van der Waals surface area (Å²) >= 11 is 0. The van der Waals surface area contributed by atoms with Gasteiger partial charge in [-0.05, 0) is 43.2 Å². The molecular formula is C16H16F2N2O. The molecule has 0 aliphatic heterocycles. The van der Waals surface area contributed by atoms with Gasteiger partial charge in [-0.15, -0.1) is 0 Å². The van der Waals surface area contributed by atoms with E-state index in [1.165, 1.54) is 6.92 Å². The zero-order valence-corrected chi connectivity index (χ0v) is 11.8. The number of carbonyl (C=O) groups excluding carboxylic acids is 1. The Morgan fingerprint density at radius 1 is 1.19 bits per heavy atom. The topological polar surface area (TPSA) is 55.1 Å². The molecule has 0 spiro atoms. The Hall–Kier alpha value is -2.43. The monoisotopic (exact) mass is 290 g/mol. The fourth-order valence-electron chi connectivity index (χ4n) is 1.96.